The lowest BCUT2D eigenvalue weighted by atomic mass is 9.44. The maximum absolute atomic E-state index is 11.9. The standard InChI is InChI=1S/C51H84O24/c1-19(18-67-46-41(64)37(60)34(57)29(14-52)70-46)5-8-26-20(2)33-28(68-26)12-24-22-7-6-21-11-27(25(56)13-51(21,4)23(22)9-10-50(24,33)3)69-47-43(66)40(63)44(32(17-55)73-47)74-49-45(39(62)36(59)31(16-54)72-49)75-48-42(65)38(61)35(58)30(15-53)71-48/h19,21-25,27-49,52-66H,5-18H2,1-4H3. The van der Waals surface area contributed by atoms with Gasteiger partial charge in [-0.25, -0.2) is 0 Å². The van der Waals surface area contributed by atoms with Crippen molar-refractivity contribution in [1.29, 1.82) is 0 Å². The highest BCUT2D eigenvalue weighted by atomic mass is 16.8. The number of hydrogen-bond donors (Lipinski definition) is 15. The molecule has 432 valence electrons. The lowest BCUT2D eigenvalue weighted by Crippen LogP contribution is -2.67. The Kier molecular flexibility index (Phi) is 18.1. The first-order valence-electron chi connectivity index (χ1n) is 27.1. The fraction of sp³-hybridized carbons (Fsp3) is 0.961. The van der Waals surface area contributed by atoms with Crippen molar-refractivity contribution in [1.82, 2.24) is 0 Å². The smallest absolute Gasteiger partial charge is 0.187 e. The zero-order valence-corrected chi connectivity index (χ0v) is 43.0. The Bertz CT molecular complexity index is 1930. The van der Waals surface area contributed by atoms with E-state index in [2.05, 4.69) is 20.8 Å². The fourth-order valence-corrected chi connectivity index (χ4v) is 15.2. The second-order valence-electron chi connectivity index (χ2n) is 23.8. The maximum atomic E-state index is 11.9. The van der Waals surface area contributed by atoms with Crippen molar-refractivity contribution in [3.63, 3.8) is 0 Å². The van der Waals surface area contributed by atoms with Gasteiger partial charge in [0, 0.05) is 12.3 Å². The molecule has 31 atom stereocenters. The van der Waals surface area contributed by atoms with Crippen LogP contribution in [-0.2, 0) is 42.6 Å². The van der Waals surface area contributed by atoms with E-state index in [1.807, 2.05) is 6.92 Å². The first-order chi connectivity index (χ1) is 35.6. The molecule has 0 aromatic rings. The van der Waals surface area contributed by atoms with Crippen molar-refractivity contribution in [2.24, 2.45) is 46.3 Å². The Hall–Kier alpha value is -1.38. The summed E-state index contributed by atoms with van der Waals surface area (Å²) in [6, 6.07) is 0. The second kappa shape index (κ2) is 23.2. The Morgan fingerprint density at radius 1 is 0.560 bits per heavy atom. The molecule has 0 radical (unpaired) electrons. The summed E-state index contributed by atoms with van der Waals surface area (Å²) >= 11 is 0. The summed E-state index contributed by atoms with van der Waals surface area (Å²) in [6.07, 6.45) is -26.9. The van der Waals surface area contributed by atoms with E-state index in [0.29, 0.717) is 37.0 Å². The normalized spacial score (nSPS) is 53.4. The fourth-order valence-electron chi connectivity index (χ4n) is 15.2. The van der Waals surface area contributed by atoms with E-state index in [-0.39, 0.29) is 41.3 Å². The Morgan fingerprint density at radius 2 is 1.09 bits per heavy atom. The summed E-state index contributed by atoms with van der Waals surface area (Å²) in [5, 5.41) is 159. The van der Waals surface area contributed by atoms with E-state index in [1.165, 1.54) is 5.57 Å². The molecule has 5 aliphatic heterocycles. The minimum absolute atomic E-state index is 0.0285. The van der Waals surface area contributed by atoms with Crippen LogP contribution in [0.1, 0.15) is 85.5 Å². The third-order valence-corrected chi connectivity index (χ3v) is 19.5. The summed E-state index contributed by atoms with van der Waals surface area (Å²) in [6.45, 7) is 6.23. The molecule has 5 heterocycles. The Morgan fingerprint density at radius 3 is 1.73 bits per heavy atom. The predicted octanol–water partition coefficient (Wildman–Crippen LogP) is -4.03. The van der Waals surface area contributed by atoms with Gasteiger partial charge in [0.05, 0.1) is 51.0 Å². The highest BCUT2D eigenvalue weighted by Gasteiger charge is 2.66. The van der Waals surface area contributed by atoms with Crippen LogP contribution in [0.4, 0.5) is 0 Å². The molecule has 0 aromatic heterocycles. The molecule has 75 heavy (non-hydrogen) atoms. The molecule has 4 saturated carbocycles. The van der Waals surface area contributed by atoms with Crippen molar-refractivity contribution in [3.8, 4) is 0 Å². The van der Waals surface area contributed by atoms with E-state index >= 15 is 0 Å². The molecule has 4 aliphatic carbocycles. The summed E-state index contributed by atoms with van der Waals surface area (Å²) < 4.78 is 53.4. The van der Waals surface area contributed by atoms with Crippen LogP contribution < -0.4 is 0 Å². The highest BCUT2D eigenvalue weighted by molar-refractivity contribution is 5.27. The van der Waals surface area contributed by atoms with E-state index in [0.717, 1.165) is 44.3 Å². The maximum Gasteiger partial charge on any atom is 0.187 e. The van der Waals surface area contributed by atoms with Crippen LogP contribution in [0.5, 0.6) is 0 Å². The third kappa shape index (κ3) is 10.6. The van der Waals surface area contributed by atoms with Gasteiger partial charge in [0.1, 0.15) is 104 Å². The van der Waals surface area contributed by atoms with Gasteiger partial charge < -0.3 is 119 Å². The average molecular weight is 1080 g/mol. The Balaban J connectivity index is 0.799. The molecule has 0 bridgehead atoms. The van der Waals surface area contributed by atoms with Crippen LogP contribution in [0.3, 0.4) is 0 Å². The zero-order valence-electron chi connectivity index (χ0n) is 43.0. The first kappa shape index (κ1) is 58.3. The predicted molar refractivity (Wildman–Crippen MR) is 252 cm³/mol. The largest absolute Gasteiger partial charge is 0.494 e. The topological polar surface area (TPSA) is 387 Å². The second-order valence-corrected chi connectivity index (χ2v) is 23.8. The number of aliphatic hydroxyl groups excluding tert-OH is 15. The molecule has 4 saturated heterocycles. The van der Waals surface area contributed by atoms with Crippen LogP contribution in [0.2, 0.25) is 0 Å². The number of ether oxygens (including phenoxy) is 9. The third-order valence-electron chi connectivity index (χ3n) is 19.5. The molecular weight excluding hydrogens is 997 g/mol. The van der Waals surface area contributed by atoms with Gasteiger partial charge in [-0.05, 0) is 104 Å². The van der Waals surface area contributed by atoms with E-state index in [4.69, 9.17) is 42.6 Å². The minimum atomic E-state index is -1.93. The van der Waals surface area contributed by atoms with Crippen LogP contribution in [0.15, 0.2) is 11.3 Å². The molecule has 24 heteroatoms. The van der Waals surface area contributed by atoms with Crippen molar-refractivity contribution in [3.05, 3.63) is 11.3 Å². The molecule has 0 amide bonds. The molecule has 15 N–H and O–H groups in total. The van der Waals surface area contributed by atoms with Crippen molar-refractivity contribution >= 4 is 0 Å². The number of allylic oxidation sites excluding steroid dienone is 1. The molecule has 31 unspecified atom stereocenters. The van der Waals surface area contributed by atoms with Gasteiger partial charge in [0.2, 0.25) is 0 Å². The highest BCUT2D eigenvalue weighted by Crippen LogP contribution is 2.70. The van der Waals surface area contributed by atoms with Gasteiger partial charge in [-0.3, -0.25) is 0 Å². The molecule has 9 aliphatic rings. The molecular formula is C51H84O24. The van der Waals surface area contributed by atoms with E-state index in [9.17, 15) is 76.6 Å². The molecule has 0 aromatic carbocycles. The zero-order chi connectivity index (χ0) is 54.2. The van der Waals surface area contributed by atoms with Crippen LogP contribution >= 0.6 is 0 Å². The van der Waals surface area contributed by atoms with Gasteiger partial charge in [0.15, 0.2) is 25.2 Å². The van der Waals surface area contributed by atoms with Crippen LogP contribution in [-0.4, -0.2) is 251 Å². The number of fused-ring (bicyclic) bond motifs is 7. The lowest BCUT2D eigenvalue weighted by Gasteiger charge is -2.61. The summed E-state index contributed by atoms with van der Waals surface area (Å²) in [4.78, 5) is 0. The van der Waals surface area contributed by atoms with Crippen molar-refractivity contribution in [2.75, 3.05) is 33.0 Å². The summed E-state index contributed by atoms with van der Waals surface area (Å²) in [7, 11) is 0. The molecule has 8 fully saturated rings. The summed E-state index contributed by atoms with van der Waals surface area (Å²) in [5.74, 6) is 2.69. The first-order valence-corrected chi connectivity index (χ1v) is 27.1. The number of rotatable bonds is 16. The molecule has 24 nitrogen and oxygen atoms in total. The minimum Gasteiger partial charge on any atom is -0.494 e. The van der Waals surface area contributed by atoms with E-state index in [1.54, 1.807) is 0 Å². The lowest BCUT2D eigenvalue weighted by molar-refractivity contribution is -0.391. The van der Waals surface area contributed by atoms with Crippen molar-refractivity contribution in [2.45, 2.75) is 227 Å². The molecule has 0 spiro atoms. The van der Waals surface area contributed by atoms with Gasteiger partial charge in [-0.15, -0.1) is 0 Å². The quantitative estimate of drug-likeness (QED) is 0.0655. The van der Waals surface area contributed by atoms with Gasteiger partial charge in [-0.2, -0.15) is 0 Å². The van der Waals surface area contributed by atoms with Crippen LogP contribution in [0.25, 0.3) is 0 Å². The van der Waals surface area contributed by atoms with E-state index < -0.39 is 161 Å². The van der Waals surface area contributed by atoms with Gasteiger partial charge >= 0.3 is 0 Å². The number of hydrogen-bond acceptors (Lipinski definition) is 24. The monoisotopic (exact) mass is 1080 g/mol. The van der Waals surface area contributed by atoms with Crippen molar-refractivity contribution < 1.29 is 119 Å². The van der Waals surface area contributed by atoms with Crippen LogP contribution in [0, 0.1) is 46.3 Å². The SMILES string of the molecule is CC1=C(CCC(C)COC2OC(CO)C(O)C(O)C2O)OC2CC3C4CCC5CC(OC6OC(CO)C(OC7OC(CO)C(O)C(O)C7OC7OC(CO)C(O)C(O)C7O)C(O)C6O)C(O)CC5(C)C4CCC3(C)C12. The molecule has 9 rings (SSSR count). The number of aliphatic hydroxyl groups is 15. The average Bonchev–Trinajstić information content (AvgIpc) is 3.92. The van der Waals surface area contributed by atoms with Gasteiger partial charge in [-0.1, -0.05) is 20.8 Å². The van der Waals surface area contributed by atoms with Gasteiger partial charge in [0.25, 0.3) is 0 Å². The summed E-state index contributed by atoms with van der Waals surface area (Å²) in [5.41, 5.74) is 1.10. The Labute approximate surface area is 435 Å².